The van der Waals surface area contributed by atoms with Crippen molar-refractivity contribution in [3.8, 4) is 5.75 Å². The number of rotatable bonds is 7. The van der Waals surface area contributed by atoms with Crippen LogP contribution in [0.4, 0.5) is 0 Å². The van der Waals surface area contributed by atoms with Crippen LogP contribution in [-0.2, 0) is 4.79 Å². The van der Waals surface area contributed by atoms with Crippen LogP contribution in [0.3, 0.4) is 0 Å². The fourth-order valence-corrected chi connectivity index (χ4v) is 2.27. The van der Waals surface area contributed by atoms with Gasteiger partial charge in [0.1, 0.15) is 5.75 Å². The second kappa shape index (κ2) is 7.14. The van der Waals surface area contributed by atoms with Gasteiger partial charge in [-0.25, -0.2) is 0 Å². The highest BCUT2D eigenvalue weighted by atomic mass is 35.5. The number of nitrogens with zero attached hydrogens (tertiary/aromatic N) is 1. The van der Waals surface area contributed by atoms with Crippen molar-refractivity contribution in [2.45, 2.75) is 18.6 Å². The molecule has 2 rings (SSSR count). The molecule has 1 fully saturated rings. The van der Waals surface area contributed by atoms with Gasteiger partial charge in [-0.15, -0.1) is 6.58 Å². The number of ether oxygens (including phenoxy) is 1. The van der Waals surface area contributed by atoms with Gasteiger partial charge in [0.2, 0.25) is 6.10 Å². The van der Waals surface area contributed by atoms with Crippen LogP contribution in [-0.4, -0.2) is 29.5 Å². The smallest absolute Gasteiger partial charge is 0.266 e. The molecule has 2 atom stereocenters. The van der Waals surface area contributed by atoms with Crippen LogP contribution in [0.25, 0.3) is 0 Å². The molecule has 3 nitrogen and oxygen atoms in total. The van der Waals surface area contributed by atoms with Gasteiger partial charge in [-0.1, -0.05) is 48.5 Å². The molecule has 0 unspecified atom stereocenters. The maximum absolute atomic E-state index is 12.2. The molecule has 0 radical (unpaired) electrons. The zero-order valence-corrected chi connectivity index (χ0v) is 12.5. The lowest BCUT2D eigenvalue weighted by atomic mass is 9.96. The molecule has 1 aromatic rings. The van der Waals surface area contributed by atoms with E-state index in [0.717, 1.165) is 6.42 Å². The lowest BCUT2D eigenvalue weighted by Gasteiger charge is -2.45. The van der Waals surface area contributed by atoms with E-state index in [0.29, 0.717) is 17.3 Å². The van der Waals surface area contributed by atoms with Crippen molar-refractivity contribution in [1.82, 2.24) is 4.90 Å². The molecular formula is C17H18ClNO2. The first-order valence-electron chi connectivity index (χ1n) is 6.79. The summed E-state index contributed by atoms with van der Waals surface area (Å²) in [4.78, 5) is 14.0. The standard InChI is InChI=1S/C17H18ClNO2/c1-3-4-12-19-15(11-10-13(2)18)16(17(19)20)21-14-8-6-5-7-9-14/h3,5-11,15-16H,1-2,4,12H2/b11-10+/t15-,16+/m0/s1. The van der Waals surface area contributed by atoms with E-state index in [1.165, 1.54) is 0 Å². The summed E-state index contributed by atoms with van der Waals surface area (Å²) in [6.07, 6.45) is 5.58. The highest BCUT2D eigenvalue weighted by molar-refractivity contribution is 6.30. The minimum atomic E-state index is -0.510. The Morgan fingerprint density at radius 2 is 2.10 bits per heavy atom. The van der Waals surface area contributed by atoms with Crippen molar-refractivity contribution in [3.05, 3.63) is 66.8 Å². The van der Waals surface area contributed by atoms with Gasteiger partial charge in [0.25, 0.3) is 5.91 Å². The Bertz CT molecular complexity index is 553. The number of allylic oxidation sites excluding steroid dienone is 2. The number of hydrogen-bond donors (Lipinski definition) is 0. The number of para-hydroxylation sites is 1. The second-order valence-electron chi connectivity index (χ2n) is 4.76. The van der Waals surface area contributed by atoms with Gasteiger partial charge < -0.3 is 9.64 Å². The third kappa shape index (κ3) is 3.76. The average molecular weight is 304 g/mol. The molecular weight excluding hydrogens is 286 g/mol. The molecule has 0 bridgehead atoms. The molecule has 1 saturated heterocycles. The summed E-state index contributed by atoms with van der Waals surface area (Å²) in [5, 5.41) is 0.427. The summed E-state index contributed by atoms with van der Waals surface area (Å²) in [5.74, 6) is 0.665. The molecule has 21 heavy (non-hydrogen) atoms. The Labute approximate surface area is 130 Å². The largest absolute Gasteiger partial charge is 0.478 e. The lowest BCUT2D eigenvalue weighted by Crippen LogP contribution is -2.66. The second-order valence-corrected chi connectivity index (χ2v) is 5.24. The molecule has 4 heteroatoms. The normalized spacial score (nSPS) is 21.2. The van der Waals surface area contributed by atoms with Crippen LogP contribution in [0, 0.1) is 0 Å². The van der Waals surface area contributed by atoms with E-state index in [-0.39, 0.29) is 11.9 Å². The molecule has 1 amide bonds. The van der Waals surface area contributed by atoms with Crippen LogP contribution < -0.4 is 4.74 Å². The molecule has 0 aliphatic carbocycles. The fourth-order valence-electron chi connectivity index (χ4n) is 2.20. The number of hydrogen-bond acceptors (Lipinski definition) is 2. The van der Waals surface area contributed by atoms with Crippen molar-refractivity contribution in [2.75, 3.05) is 6.54 Å². The van der Waals surface area contributed by atoms with E-state index in [9.17, 15) is 4.79 Å². The number of likely N-dealkylation sites (tertiary alicyclic amines) is 1. The van der Waals surface area contributed by atoms with Crippen LogP contribution >= 0.6 is 11.6 Å². The topological polar surface area (TPSA) is 29.5 Å². The zero-order chi connectivity index (χ0) is 15.2. The Kier molecular flexibility index (Phi) is 5.23. The quantitative estimate of drug-likeness (QED) is 0.438. The number of amides is 1. The number of carbonyl (C=O) groups is 1. The van der Waals surface area contributed by atoms with Gasteiger partial charge in [0.15, 0.2) is 0 Å². The first kappa shape index (κ1) is 15.4. The maximum atomic E-state index is 12.2. The zero-order valence-electron chi connectivity index (χ0n) is 11.7. The van der Waals surface area contributed by atoms with Crippen molar-refractivity contribution in [3.63, 3.8) is 0 Å². The summed E-state index contributed by atoms with van der Waals surface area (Å²) in [6, 6.07) is 9.19. The van der Waals surface area contributed by atoms with Gasteiger partial charge >= 0.3 is 0 Å². The average Bonchev–Trinajstić information content (AvgIpc) is 2.49. The number of β-lactam (4-membered cyclic amide) rings is 1. The van der Waals surface area contributed by atoms with E-state index in [2.05, 4.69) is 13.2 Å². The third-order valence-electron chi connectivity index (χ3n) is 3.25. The summed E-state index contributed by atoms with van der Waals surface area (Å²) < 4.78 is 5.78. The van der Waals surface area contributed by atoms with Crippen LogP contribution in [0.2, 0.25) is 0 Å². The Hall–Kier alpha value is -2.00. The fraction of sp³-hybridized carbons (Fsp3) is 0.235. The van der Waals surface area contributed by atoms with E-state index < -0.39 is 6.10 Å². The van der Waals surface area contributed by atoms with E-state index in [1.54, 1.807) is 17.1 Å². The number of carbonyl (C=O) groups excluding carboxylic acids is 1. The van der Waals surface area contributed by atoms with Gasteiger partial charge in [-0.3, -0.25) is 4.79 Å². The Morgan fingerprint density at radius 1 is 1.38 bits per heavy atom. The van der Waals surface area contributed by atoms with Gasteiger partial charge in [0, 0.05) is 11.6 Å². The molecule has 1 aliphatic heterocycles. The van der Waals surface area contributed by atoms with Crippen molar-refractivity contribution >= 4 is 17.5 Å². The van der Waals surface area contributed by atoms with Gasteiger partial charge in [-0.05, 0) is 24.6 Å². The minimum Gasteiger partial charge on any atom is -0.478 e. The van der Waals surface area contributed by atoms with Crippen molar-refractivity contribution < 1.29 is 9.53 Å². The van der Waals surface area contributed by atoms with Crippen LogP contribution in [0.5, 0.6) is 5.75 Å². The highest BCUT2D eigenvalue weighted by Crippen LogP contribution is 2.27. The van der Waals surface area contributed by atoms with Gasteiger partial charge in [-0.2, -0.15) is 0 Å². The molecule has 0 saturated carbocycles. The van der Waals surface area contributed by atoms with Gasteiger partial charge in [0.05, 0.1) is 6.04 Å². The molecule has 0 aromatic heterocycles. The molecule has 1 heterocycles. The first-order valence-corrected chi connectivity index (χ1v) is 7.17. The van der Waals surface area contributed by atoms with E-state index in [4.69, 9.17) is 16.3 Å². The maximum Gasteiger partial charge on any atom is 0.266 e. The summed E-state index contributed by atoms with van der Waals surface area (Å²) in [7, 11) is 0. The summed E-state index contributed by atoms with van der Waals surface area (Å²) in [5.41, 5.74) is 0. The predicted octanol–water partition coefficient (Wildman–Crippen LogP) is 3.53. The lowest BCUT2D eigenvalue weighted by molar-refractivity contribution is -0.159. The SMILES string of the molecule is C=CCCN1C(=O)[C@H](Oc2ccccc2)[C@@H]1/C=C/C(=C)Cl. The molecule has 0 spiro atoms. The molecule has 1 aliphatic rings. The highest BCUT2D eigenvalue weighted by Gasteiger charge is 2.47. The summed E-state index contributed by atoms with van der Waals surface area (Å²) in [6.45, 7) is 7.92. The van der Waals surface area contributed by atoms with Crippen LogP contribution in [0.1, 0.15) is 6.42 Å². The Morgan fingerprint density at radius 3 is 2.71 bits per heavy atom. The molecule has 110 valence electrons. The minimum absolute atomic E-state index is 0.0180. The van der Waals surface area contributed by atoms with E-state index in [1.807, 2.05) is 36.4 Å². The third-order valence-corrected chi connectivity index (χ3v) is 3.38. The predicted molar refractivity (Wildman–Crippen MR) is 85.3 cm³/mol. The van der Waals surface area contributed by atoms with Crippen molar-refractivity contribution in [1.29, 1.82) is 0 Å². The first-order chi connectivity index (χ1) is 10.1. The summed E-state index contributed by atoms with van der Waals surface area (Å²) >= 11 is 5.76. The molecule has 1 aromatic carbocycles. The van der Waals surface area contributed by atoms with Crippen molar-refractivity contribution in [2.24, 2.45) is 0 Å². The monoisotopic (exact) mass is 303 g/mol. The number of benzene rings is 1. The Balaban J connectivity index is 2.09. The van der Waals surface area contributed by atoms with Crippen LogP contribution in [0.15, 0.2) is 66.8 Å². The van der Waals surface area contributed by atoms with E-state index >= 15 is 0 Å². The number of halogens is 1. The molecule has 0 N–H and O–H groups in total.